The third-order valence-corrected chi connectivity index (χ3v) is 2.95. The van der Waals surface area contributed by atoms with Gasteiger partial charge in [0, 0.05) is 17.2 Å². The Morgan fingerprint density at radius 1 is 1.25 bits per heavy atom. The number of ether oxygens (including phenoxy) is 1. The van der Waals surface area contributed by atoms with E-state index in [0.717, 1.165) is 0 Å². The lowest BCUT2D eigenvalue weighted by molar-refractivity contribution is -0.385. The van der Waals surface area contributed by atoms with Crippen LogP contribution in [0.4, 0.5) is 5.69 Å². The average Bonchev–Trinajstić information content (AvgIpc) is 2.41. The molecule has 0 heterocycles. The van der Waals surface area contributed by atoms with E-state index in [-0.39, 0.29) is 27.8 Å². The second-order valence-electron chi connectivity index (χ2n) is 3.70. The predicted molar refractivity (Wildman–Crippen MR) is 74.3 cm³/mol. The molecule has 7 heteroatoms. The normalized spacial score (nSPS) is 9.85. The summed E-state index contributed by atoms with van der Waals surface area (Å²) in [6.07, 6.45) is 0. The summed E-state index contributed by atoms with van der Waals surface area (Å²) in [6.45, 7) is 0. The topological polar surface area (TPSA) is 76.2 Å². The van der Waals surface area contributed by atoms with Crippen LogP contribution in [0.15, 0.2) is 36.4 Å². The van der Waals surface area contributed by atoms with Crippen molar-refractivity contribution in [3.8, 4) is 17.6 Å². The fourth-order valence-electron chi connectivity index (χ4n) is 1.53. The fourth-order valence-corrected chi connectivity index (χ4v) is 1.90. The van der Waals surface area contributed by atoms with E-state index in [0.29, 0.717) is 5.02 Å². The third-order valence-electron chi connectivity index (χ3n) is 2.42. The van der Waals surface area contributed by atoms with Crippen molar-refractivity contribution in [1.29, 1.82) is 5.26 Å². The molecule has 0 saturated heterocycles. The standard InChI is InChI=1S/C13H6Cl2N2O3/c14-9-5-4-8(7-16)12(6-9)20-13-10(15)2-1-3-11(13)17(18)19/h1-6H. The van der Waals surface area contributed by atoms with Crippen molar-refractivity contribution in [2.75, 3.05) is 0 Å². The molecule has 0 amide bonds. The minimum Gasteiger partial charge on any atom is -0.447 e. The van der Waals surface area contributed by atoms with Gasteiger partial charge in [-0.2, -0.15) is 5.26 Å². The van der Waals surface area contributed by atoms with Crippen LogP contribution < -0.4 is 4.74 Å². The third kappa shape index (κ3) is 2.82. The van der Waals surface area contributed by atoms with E-state index in [1.807, 2.05) is 6.07 Å². The molecular weight excluding hydrogens is 303 g/mol. The highest BCUT2D eigenvalue weighted by atomic mass is 35.5. The summed E-state index contributed by atoms with van der Waals surface area (Å²) in [5.74, 6) is -0.0193. The number of nitriles is 1. The van der Waals surface area contributed by atoms with Crippen LogP contribution in [0.1, 0.15) is 5.56 Å². The van der Waals surface area contributed by atoms with Crippen LogP contribution in [-0.4, -0.2) is 4.92 Å². The lowest BCUT2D eigenvalue weighted by atomic mass is 10.2. The molecule has 0 bridgehead atoms. The van der Waals surface area contributed by atoms with Crippen LogP contribution in [0.3, 0.4) is 0 Å². The molecule has 0 aliphatic heterocycles. The molecule has 0 spiro atoms. The van der Waals surface area contributed by atoms with E-state index in [2.05, 4.69) is 0 Å². The molecule has 0 aromatic heterocycles. The summed E-state index contributed by atoms with van der Waals surface area (Å²) in [5.41, 5.74) is -0.0926. The van der Waals surface area contributed by atoms with Gasteiger partial charge in [-0.1, -0.05) is 29.3 Å². The number of nitro benzene ring substituents is 1. The number of halogens is 2. The quantitative estimate of drug-likeness (QED) is 0.615. The molecule has 0 radical (unpaired) electrons. The number of para-hydroxylation sites is 1. The monoisotopic (exact) mass is 308 g/mol. The molecule has 0 fully saturated rings. The number of benzene rings is 2. The Bertz CT molecular complexity index is 726. The average molecular weight is 309 g/mol. The molecule has 2 aromatic carbocycles. The molecular formula is C13H6Cl2N2O3. The molecule has 100 valence electrons. The zero-order valence-electron chi connectivity index (χ0n) is 9.84. The van der Waals surface area contributed by atoms with Gasteiger partial charge in [0.05, 0.1) is 15.5 Å². The summed E-state index contributed by atoms with van der Waals surface area (Å²) in [4.78, 5) is 10.3. The van der Waals surface area contributed by atoms with Crippen molar-refractivity contribution in [3.05, 3.63) is 62.1 Å². The first kappa shape index (κ1) is 14.1. The van der Waals surface area contributed by atoms with Gasteiger partial charge in [0.2, 0.25) is 5.75 Å². The number of nitrogens with zero attached hydrogens (tertiary/aromatic N) is 2. The van der Waals surface area contributed by atoms with Crippen molar-refractivity contribution in [2.24, 2.45) is 0 Å². The van der Waals surface area contributed by atoms with Gasteiger partial charge in [-0.05, 0) is 18.2 Å². The first-order valence-electron chi connectivity index (χ1n) is 5.33. The maximum atomic E-state index is 11.0. The van der Waals surface area contributed by atoms with Gasteiger partial charge in [-0.3, -0.25) is 10.1 Å². The Balaban J connectivity index is 2.53. The zero-order valence-corrected chi connectivity index (χ0v) is 11.4. The molecule has 0 unspecified atom stereocenters. The van der Waals surface area contributed by atoms with E-state index in [9.17, 15) is 10.1 Å². The Kier molecular flexibility index (Phi) is 4.08. The smallest absolute Gasteiger partial charge is 0.313 e. The van der Waals surface area contributed by atoms with Crippen LogP contribution in [-0.2, 0) is 0 Å². The molecule has 2 aromatic rings. The Morgan fingerprint density at radius 2 is 2.00 bits per heavy atom. The van der Waals surface area contributed by atoms with E-state index in [1.54, 1.807) is 0 Å². The molecule has 2 rings (SSSR count). The highest BCUT2D eigenvalue weighted by Crippen LogP contribution is 2.39. The summed E-state index contributed by atoms with van der Waals surface area (Å²) in [6, 6.07) is 10.5. The van der Waals surface area contributed by atoms with E-state index >= 15 is 0 Å². The first-order chi connectivity index (χ1) is 9.52. The number of hydrogen-bond donors (Lipinski definition) is 0. The van der Waals surface area contributed by atoms with Crippen LogP contribution in [0.5, 0.6) is 11.5 Å². The number of nitro groups is 1. The number of rotatable bonds is 3. The van der Waals surface area contributed by atoms with Crippen molar-refractivity contribution in [2.45, 2.75) is 0 Å². The molecule has 20 heavy (non-hydrogen) atoms. The maximum absolute atomic E-state index is 11.0. The minimum absolute atomic E-state index is 0.0723. The lowest BCUT2D eigenvalue weighted by Gasteiger charge is -2.09. The Hall–Kier alpha value is -2.29. The van der Waals surface area contributed by atoms with Crippen LogP contribution in [0.25, 0.3) is 0 Å². The second-order valence-corrected chi connectivity index (χ2v) is 4.54. The van der Waals surface area contributed by atoms with E-state index in [1.165, 1.54) is 36.4 Å². The van der Waals surface area contributed by atoms with Crippen LogP contribution >= 0.6 is 23.2 Å². The summed E-state index contributed by atoms with van der Waals surface area (Å²) >= 11 is 11.7. The van der Waals surface area contributed by atoms with Crippen molar-refractivity contribution >= 4 is 28.9 Å². The first-order valence-corrected chi connectivity index (χ1v) is 6.09. The van der Waals surface area contributed by atoms with Crippen molar-refractivity contribution in [1.82, 2.24) is 0 Å². The van der Waals surface area contributed by atoms with Gasteiger partial charge in [0.1, 0.15) is 11.8 Å². The number of hydrogen-bond acceptors (Lipinski definition) is 4. The van der Waals surface area contributed by atoms with E-state index in [4.69, 9.17) is 33.2 Å². The minimum atomic E-state index is -0.613. The maximum Gasteiger partial charge on any atom is 0.313 e. The molecule has 0 N–H and O–H groups in total. The van der Waals surface area contributed by atoms with Crippen LogP contribution in [0.2, 0.25) is 10.0 Å². The molecule has 0 atom stereocenters. The predicted octanol–water partition coefficient (Wildman–Crippen LogP) is 4.57. The van der Waals surface area contributed by atoms with Gasteiger partial charge in [-0.15, -0.1) is 0 Å². The zero-order chi connectivity index (χ0) is 14.7. The van der Waals surface area contributed by atoms with Gasteiger partial charge >= 0.3 is 5.69 Å². The van der Waals surface area contributed by atoms with E-state index < -0.39 is 4.92 Å². The van der Waals surface area contributed by atoms with Gasteiger partial charge in [0.15, 0.2) is 0 Å². The largest absolute Gasteiger partial charge is 0.447 e. The summed E-state index contributed by atoms with van der Waals surface area (Å²) < 4.78 is 5.42. The fraction of sp³-hybridized carbons (Fsp3) is 0. The van der Waals surface area contributed by atoms with Gasteiger partial charge in [0.25, 0.3) is 0 Å². The van der Waals surface area contributed by atoms with Crippen molar-refractivity contribution < 1.29 is 9.66 Å². The molecule has 0 aliphatic rings. The van der Waals surface area contributed by atoms with Gasteiger partial charge < -0.3 is 4.74 Å². The van der Waals surface area contributed by atoms with Gasteiger partial charge in [-0.25, -0.2) is 0 Å². The van der Waals surface area contributed by atoms with Crippen molar-refractivity contribution in [3.63, 3.8) is 0 Å². The molecule has 0 saturated carbocycles. The highest BCUT2D eigenvalue weighted by molar-refractivity contribution is 6.32. The summed E-state index contributed by atoms with van der Waals surface area (Å²) in [7, 11) is 0. The van der Waals surface area contributed by atoms with Crippen LogP contribution in [0, 0.1) is 21.4 Å². The summed E-state index contributed by atoms with van der Waals surface area (Å²) in [5, 5.41) is 20.4. The SMILES string of the molecule is N#Cc1ccc(Cl)cc1Oc1c(Cl)cccc1[N+](=O)[O-]. The Labute approximate surface area is 124 Å². The molecule has 0 aliphatic carbocycles. The lowest BCUT2D eigenvalue weighted by Crippen LogP contribution is -1.95. The highest BCUT2D eigenvalue weighted by Gasteiger charge is 2.20. The molecule has 5 nitrogen and oxygen atoms in total. The second kappa shape index (κ2) is 5.78. The Morgan fingerprint density at radius 3 is 2.65 bits per heavy atom.